The molecule has 2 rings (SSSR count). The Morgan fingerprint density at radius 3 is 2.44 bits per heavy atom. The minimum atomic E-state index is -0.420. The van der Waals surface area contributed by atoms with E-state index in [9.17, 15) is 10.1 Å². The van der Waals surface area contributed by atoms with Crippen LogP contribution in [0, 0.1) is 10.1 Å². The molecule has 0 atom stereocenters. The van der Waals surface area contributed by atoms with Crippen LogP contribution < -0.4 is 10.1 Å². The van der Waals surface area contributed by atoms with Gasteiger partial charge in [0, 0.05) is 29.6 Å². The van der Waals surface area contributed by atoms with Crippen molar-refractivity contribution in [1.82, 2.24) is 0 Å². The molecule has 0 aromatic heterocycles. The van der Waals surface area contributed by atoms with Gasteiger partial charge in [0.25, 0.3) is 5.69 Å². The molecule has 0 saturated heterocycles. The van der Waals surface area contributed by atoms with E-state index in [1.54, 1.807) is 19.2 Å². The number of non-ortho nitro benzene ring substituents is 1. The van der Waals surface area contributed by atoms with Crippen LogP contribution in [0.1, 0.15) is 0 Å². The lowest BCUT2D eigenvalue weighted by molar-refractivity contribution is -0.384. The lowest BCUT2D eigenvalue weighted by Crippen LogP contribution is -1.93. The molecule has 2 aromatic rings. The first-order valence-electron chi connectivity index (χ1n) is 5.34. The van der Waals surface area contributed by atoms with Gasteiger partial charge >= 0.3 is 0 Å². The van der Waals surface area contributed by atoms with Crippen molar-refractivity contribution in [1.29, 1.82) is 0 Å². The van der Waals surface area contributed by atoms with Gasteiger partial charge in [-0.25, -0.2) is 0 Å². The Kier molecular flexibility index (Phi) is 3.43. The maximum absolute atomic E-state index is 10.7. The number of methoxy groups -OCH3 is 1. The molecule has 1 N–H and O–H groups in total. The number of benzene rings is 2. The van der Waals surface area contributed by atoms with Gasteiger partial charge in [0.05, 0.1) is 12.0 Å². The van der Waals surface area contributed by atoms with Crippen molar-refractivity contribution in [3.8, 4) is 5.75 Å². The summed E-state index contributed by atoms with van der Waals surface area (Å²) < 4.78 is 5.11. The van der Waals surface area contributed by atoms with Crippen molar-refractivity contribution in [3.63, 3.8) is 0 Å². The number of nitrogens with zero attached hydrogens (tertiary/aromatic N) is 1. The number of hydrogen-bond donors (Lipinski definition) is 1. The minimum Gasteiger partial charge on any atom is -0.497 e. The van der Waals surface area contributed by atoms with Crippen molar-refractivity contribution in [2.24, 2.45) is 0 Å². The first-order chi connectivity index (χ1) is 8.69. The van der Waals surface area contributed by atoms with Gasteiger partial charge in [0.1, 0.15) is 5.75 Å². The topological polar surface area (TPSA) is 64.4 Å². The molecule has 0 bridgehead atoms. The monoisotopic (exact) mass is 244 g/mol. The Bertz CT molecular complexity index is 570. The Morgan fingerprint density at radius 2 is 1.78 bits per heavy atom. The zero-order valence-electron chi connectivity index (χ0n) is 9.79. The summed E-state index contributed by atoms with van der Waals surface area (Å²) in [6.45, 7) is 0. The van der Waals surface area contributed by atoms with Gasteiger partial charge < -0.3 is 10.1 Å². The van der Waals surface area contributed by atoms with Crippen LogP contribution in [-0.2, 0) is 0 Å². The number of hydrogen-bond acceptors (Lipinski definition) is 4. The number of nitro groups is 1. The van der Waals surface area contributed by atoms with Crippen LogP contribution >= 0.6 is 0 Å². The average molecular weight is 244 g/mol. The fraction of sp³-hybridized carbons (Fsp3) is 0.0769. The lowest BCUT2D eigenvalue weighted by Gasteiger charge is -2.07. The Balaban J connectivity index is 2.22. The maximum Gasteiger partial charge on any atom is 0.271 e. The van der Waals surface area contributed by atoms with Gasteiger partial charge in [-0.1, -0.05) is 12.1 Å². The largest absolute Gasteiger partial charge is 0.497 e. The predicted octanol–water partition coefficient (Wildman–Crippen LogP) is 3.35. The van der Waals surface area contributed by atoms with Crippen LogP contribution in [0.3, 0.4) is 0 Å². The van der Waals surface area contributed by atoms with E-state index < -0.39 is 4.92 Å². The van der Waals surface area contributed by atoms with Gasteiger partial charge in [-0.05, 0) is 18.2 Å². The van der Waals surface area contributed by atoms with E-state index in [2.05, 4.69) is 5.32 Å². The Labute approximate surface area is 104 Å². The summed E-state index contributed by atoms with van der Waals surface area (Å²) in [7, 11) is 1.59. The molecule has 0 saturated carbocycles. The first kappa shape index (κ1) is 11.9. The zero-order chi connectivity index (χ0) is 13.0. The zero-order valence-corrected chi connectivity index (χ0v) is 9.79. The molecular formula is C13H12N2O3. The summed E-state index contributed by atoms with van der Waals surface area (Å²) in [6.07, 6.45) is 0. The number of ether oxygens (including phenoxy) is 1. The van der Waals surface area contributed by atoms with Gasteiger partial charge in [-0.3, -0.25) is 10.1 Å². The van der Waals surface area contributed by atoms with Crippen LogP contribution in [0.2, 0.25) is 0 Å². The molecule has 5 nitrogen and oxygen atoms in total. The third-order valence-corrected chi connectivity index (χ3v) is 2.42. The van der Waals surface area contributed by atoms with Gasteiger partial charge in [-0.2, -0.15) is 0 Å². The Hall–Kier alpha value is -2.56. The molecule has 92 valence electrons. The maximum atomic E-state index is 10.7. The molecule has 18 heavy (non-hydrogen) atoms. The predicted molar refractivity (Wildman–Crippen MR) is 69.4 cm³/mol. The molecule has 0 spiro atoms. The summed E-state index contributed by atoms with van der Waals surface area (Å²) in [4.78, 5) is 10.2. The molecule has 0 aliphatic carbocycles. The second-order valence-electron chi connectivity index (χ2n) is 3.66. The molecular weight excluding hydrogens is 232 g/mol. The van der Waals surface area contributed by atoms with Crippen LogP contribution in [0.5, 0.6) is 5.75 Å². The summed E-state index contributed by atoms with van der Waals surface area (Å²) in [5.74, 6) is 0.727. The molecule has 0 amide bonds. The molecule has 0 aliphatic rings. The van der Waals surface area contributed by atoms with E-state index in [0.29, 0.717) is 5.69 Å². The highest BCUT2D eigenvalue weighted by Crippen LogP contribution is 2.23. The SMILES string of the molecule is COc1cccc(Nc2cccc([N+](=O)[O-])c2)c1. The second kappa shape index (κ2) is 5.18. The highest BCUT2D eigenvalue weighted by Gasteiger charge is 2.05. The van der Waals surface area contributed by atoms with E-state index >= 15 is 0 Å². The highest BCUT2D eigenvalue weighted by molar-refractivity contribution is 5.63. The number of nitrogens with one attached hydrogen (secondary N) is 1. The van der Waals surface area contributed by atoms with Crippen molar-refractivity contribution in [3.05, 3.63) is 58.6 Å². The minimum absolute atomic E-state index is 0.0582. The lowest BCUT2D eigenvalue weighted by atomic mass is 10.2. The molecule has 0 unspecified atom stereocenters. The van der Waals surface area contributed by atoms with Crippen LogP contribution in [0.15, 0.2) is 48.5 Å². The van der Waals surface area contributed by atoms with Crippen molar-refractivity contribution in [2.75, 3.05) is 12.4 Å². The van der Waals surface area contributed by atoms with Crippen molar-refractivity contribution >= 4 is 17.1 Å². The third kappa shape index (κ3) is 2.76. The molecule has 0 heterocycles. The Morgan fingerprint density at radius 1 is 1.11 bits per heavy atom. The van der Waals surface area contributed by atoms with Crippen LogP contribution in [0.25, 0.3) is 0 Å². The summed E-state index contributed by atoms with van der Waals surface area (Å²) in [5.41, 5.74) is 1.54. The average Bonchev–Trinajstić information content (AvgIpc) is 2.39. The van der Waals surface area contributed by atoms with Gasteiger partial charge in [-0.15, -0.1) is 0 Å². The molecule has 0 radical (unpaired) electrons. The standard InChI is InChI=1S/C13H12N2O3/c1-18-13-7-3-5-11(9-13)14-10-4-2-6-12(8-10)15(16)17/h2-9,14H,1H3. The van der Waals surface area contributed by atoms with E-state index in [1.807, 2.05) is 24.3 Å². The molecule has 2 aromatic carbocycles. The normalized spacial score (nSPS) is 9.83. The van der Waals surface area contributed by atoms with Gasteiger partial charge in [0.2, 0.25) is 0 Å². The van der Waals surface area contributed by atoms with E-state index in [-0.39, 0.29) is 5.69 Å². The van der Waals surface area contributed by atoms with Gasteiger partial charge in [0.15, 0.2) is 0 Å². The molecule has 0 fully saturated rings. The van der Waals surface area contributed by atoms with Crippen LogP contribution in [-0.4, -0.2) is 12.0 Å². The highest BCUT2D eigenvalue weighted by atomic mass is 16.6. The summed E-state index contributed by atoms with van der Waals surface area (Å²) >= 11 is 0. The number of rotatable bonds is 4. The smallest absolute Gasteiger partial charge is 0.271 e. The quantitative estimate of drug-likeness (QED) is 0.661. The van der Waals surface area contributed by atoms with E-state index in [0.717, 1.165) is 11.4 Å². The van der Waals surface area contributed by atoms with Crippen molar-refractivity contribution < 1.29 is 9.66 Å². The number of anilines is 2. The van der Waals surface area contributed by atoms with E-state index in [4.69, 9.17) is 4.74 Å². The fourth-order valence-electron chi connectivity index (χ4n) is 1.56. The van der Waals surface area contributed by atoms with Crippen molar-refractivity contribution in [2.45, 2.75) is 0 Å². The third-order valence-electron chi connectivity index (χ3n) is 2.42. The number of nitro benzene ring substituents is 1. The van der Waals surface area contributed by atoms with Crippen LogP contribution in [0.4, 0.5) is 17.1 Å². The summed E-state index contributed by atoms with van der Waals surface area (Å²) in [6, 6.07) is 13.7. The second-order valence-corrected chi connectivity index (χ2v) is 3.66. The molecule has 5 heteroatoms. The van der Waals surface area contributed by atoms with E-state index in [1.165, 1.54) is 12.1 Å². The first-order valence-corrected chi connectivity index (χ1v) is 5.34. The molecule has 0 aliphatic heterocycles. The summed E-state index contributed by atoms with van der Waals surface area (Å²) in [5, 5.41) is 13.8. The fourth-order valence-corrected chi connectivity index (χ4v) is 1.56.